The molecule has 19 heavy (non-hydrogen) atoms. The molecule has 1 heterocycles. The molecule has 2 aromatic rings. The second-order valence-corrected chi connectivity index (χ2v) is 5.17. The first-order valence-corrected chi connectivity index (χ1v) is 6.52. The Hall–Kier alpha value is -2.28. The Bertz CT molecular complexity index is 642. The van der Waals surface area contributed by atoms with Crippen molar-refractivity contribution < 1.29 is 0 Å². The molecule has 4 heteroatoms. The van der Waals surface area contributed by atoms with Crippen molar-refractivity contribution in [3.8, 4) is 17.3 Å². The van der Waals surface area contributed by atoms with E-state index in [-0.39, 0.29) is 0 Å². The molecule has 3 rings (SSSR count). The molecular formula is C15H16N4. The number of nitrogens with zero attached hydrogens (tertiary/aromatic N) is 3. The van der Waals surface area contributed by atoms with Gasteiger partial charge in [-0.15, -0.1) is 0 Å². The van der Waals surface area contributed by atoms with Crippen LogP contribution in [-0.2, 0) is 6.54 Å². The number of rotatable bonds is 3. The van der Waals surface area contributed by atoms with Crippen LogP contribution in [0.4, 0.5) is 5.82 Å². The zero-order valence-electron chi connectivity index (χ0n) is 10.9. The molecule has 0 spiro atoms. The Balaban J connectivity index is 1.96. The molecule has 4 nitrogen and oxygen atoms in total. The second kappa shape index (κ2) is 4.43. The summed E-state index contributed by atoms with van der Waals surface area (Å²) in [6.45, 7) is 2.92. The number of hydrogen-bond acceptors (Lipinski definition) is 3. The molecule has 0 radical (unpaired) electrons. The van der Waals surface area contributed by atoms with Crippen LogP contribution in [0.1, 0.15) is 24.0 Å². The minimum Gasteiger partial charge on any atom is -0.384 e. The Morgan fingerprint density at radius 3 is 2.63 bits per heavy atom. The third kappa shape index (κ3) is 2.19. The first-order chi connectivity index (χ1) is 9.19. The molecule has 1 aliphatic carbocycles. The highest BCUT2D eigenvalue weighted by Crippen LogP contribution is 2.33. The van der Waals surface area contributed by atoms with Gasteiger partial charge in [-0.1, -0.05) is 12.1 Å². The topological polar surface area (TPSA) is 67.6 Å². The lowest BCUT2D eigenvalue weighted by Gasteiger charge is -2.01. The van der Waals surface area contributed by atoms with E-state index in [1.165, 1.54) is 12.8 Å². The molecule has 0 aliphatic heterocycles. The van der Waals surface area contributed by atoms with Crippen LogP contribution >= 0.6 is 0 Å². The number of nitrogens with two attached hydrogens (primary N) is 1. The fraction of sp³-hybridized carbons (Fsp3) is 0.333. The monoisotopic (exact) mass is 252 g/mol. The highest BCUT2D eigenvalue weighted by Gasteiger charge is 2.24. The Morgan fingerprint density at radius 1 is 1.37 bits per heavy atom. The number of nitrogen functional groups attached to an aromatic ring is 1. The van der Waals surface area contributed by atoms with Crippen molar-refractivity contribution >= 4 is 5.82 Å². The van der Waals surface area contributed by atoms with Crippen molar-refractivity contribution in [2.75, 3.05) is 5.73 Å². The zero-order chi connectivity index (χ0) is 13.4. The van der Waals surface area contributed by atoms with Gasteiger partial charge in [0.15, 0.2) is 0 Å². The molecule has 1 saturated carbocycles. The third-order valence-corrected chi connectivity index (χ3v) is 3.65. The van der Waals surface area contributed by atoms with E-state index in [9.17, 15) is 0 Å². The molecule has 0 saturated heterocycles. The Kier molecular flexibility index (Phi) is 2.75. The van der Waals surface area contributed by atoms with Gasteiger partial charge in [0, 0.05) is 17.7 Å². The van der Waals surface area contributed by atoms with E-state index in [2.05, 4.69) is 11.2 Å². The Morgan fingerprint density at radius 2 is 2.05 bits per heavy atom. The quantitative estimate of drug-likeness (QED) is 0.913. The SMILES string of the molecule is Cc1c(-c2ccc(C#N)cc2)nn(CC2CC2)c1N. The van der Waals surface area contributed by atoms with E-state index in [0.29, 0.717) is 5.56 Å². The van der Waals surface area contributed by atoms with Gasteiger partial charge in [-0.2, -0.15) is 10.4 Å². The smallest absolute Gasteiger partial charge is 0.125 e. The zero-order valence-corrected chi connectivity index (χ0v) is 10.9. The van der Waals surface area contributed by atoms with Gasteiger partial charge in [0.05, 0.1) is 17.3 Å². The summed E-state index contributed by atoms with van der Waals surface area (Å²) in [6.07, 6.45) is 2.56. The van der Waals surface area contributed by atoms with Crippen LogP contribution in [0.3, 0.4) is 0 Å². The summed E-state index contributed by atoms with van der Waals surface area (Å²) in [4.78, 5) is 0. The molecule has 0 bridgehead atoms. The normalized spacial score (nSPS) is 14.3. The van der Waals surface area contributed by atoms with Crippen LogP contribution in [0.5, 0.6) is 0 Å². The van der Waals surface area contributed by atoms with Gasteiger partial charge in [-0.05, 0) is 37.8 Å². The lowest BCUT2D eigenvalue weighted by Crippen LogP contribution is -2.06. The highest BCUT2D eigenvalue weighted by molar-refractivity contribution is 5.68. The van der Waals surface area contributed by atoms with Gasteiger partial charge in [-0.25, -0.2) is 4.68 Å². The van der Waals surface area contributed by atoms with E-state index in [1.54, 1.807) is 0 Å². The summed E-state index contributed by atoms with van der Waals surface area (Å²) in [6, 6.07) is 9.59. The van der Waals surface area contributed by atoms with Crippen LogP contribution in [0.25, 0.3) is 11.3 Å². The average Bonchev–Trinajstić information content (AvgIpc) is 3.21. The first-order valence-electron chi connectivity index (χ1n) is 6.52. The van der Waals surface area contributed by atoms with Gasteiger partial charge in [-0.3, -0.25) is 0 Å². The van der Waals surface area contributed by atoms with Crippen molar-refractivity contribution in [3.05, 3.63) is 35.4 Å². The third-order valence-electron chi connectivity index (χ3n) is 3.65. The lowest BCUT2D eigenvalue weighted by molar-refractivity contribution is 0.572. The van der Waals surface area contributed by atoms with Crippen LogP contribution < -0.4 is 5.73 Å². The van der Waals surface area contributed by atoms with Crippen LogP contribution in [0.15, 0.2) is 24.3 Å². The Labute approximate surface area is 112 Å². The first kappa shape index (κ1) is 11.8. The largest absolute Gasteiger partial charge is 0.384 e. The molecule has 1 aliphatic rings. The van der Waals surface area contributed by atoms with Crippen molar-refractivity contribution in [3.63, 3.8) is 0 Å². The summed E-state index contributed by atoms with van der Waals surface area (Å²) in [5, 5.41) is 13.4. The molecular weight excluding hydrogens is 236 g/mol. The number of nitriles is 1. The molecule has 1 aromatic carbocycles. The summed E-state index contributed by atoms with van der Waals surface area (Å²) in [5.41, 5.74) is 9.73. The average molecular weight is 252 g/mol. The van der Waals surface area contributed by atoms with E-state index < -0.39 is 0 Å². The van der Waals surface area contributed by atoms with Crippen molar-refractivity contribution in [2.24, 2.45) is 5.92 Å². The standard InChI is InChI=1S/C15H16N4/c1-10-14(13-6-4-11(8-16)5-7-13)18-19(15(10)17)9-12-2-3-12/h4-7,12H,2-3,9,17H2,1H3. The molecule has 0 atom stereocenters. The molecule has 0 amide bonds. The number of hydrogen-bond donors (Lipinski definition) is 1. The number of aromatic nitrogens is 2. The van der Waals surface area contributed by atoms with Gasteiger partial charge in [0.1, 0.15) is 5.82 Å². The summed E-state index contributed by atoms with van der Waals surface area (Å²) in [5.74, 6) is 1.50. The number of anilines is 1. The summed E-state index contributed by atoms with van der Waals surface area (Å²) >= 11 is 0. The van der Waals surface area contributed by atoms with E-state index in [0.717, 1.165) is 35.1 Å². The summed E-state index contributed by atoms with van der Waals surface area (Å²) in [7, 11) is 0. The predicted octanol–water partition coefficient (Wildman–Crippen LogP) is 2.72. The van der Waals surface area contributed by atoms with E-state index >= 15 is 0 Å². The maximum atomic E-state index is 8.82. The number of benzene rings is 1. The van der Waals surface area contributed by atoms with Crippen LogP contribution in [0, 0.1) is 24.2 Å². The van der Waals surface area contributed by atoms with Gasteiger partial charge in [0.2, 0.25) is 0 Å². The van der Waals surface area contributed by atoms with E-state index in [4.69, 9.17) is 11.0 Å². The minimum absolute atomic E-state index is 0.659. The molecule has 1 fully saturated rings. The van der Waals surface area contributed by atoms with Crippen LogP contribution in [0.2, 0.25) is 0 Å². The minimum atomic E-state index is 0.659. The second-order valence-electron chi connectivity index (χ2n) is 5.17. The van der Waals surface area contributed by atoms with Crippen LogP contribution in [-0.4, -0.2) is 9.78 Å². The fourth-order valence-corrected chi connectivity index (χ4v) is 2.23. The van der Waals surface area contributed by atoms with Gasteiger partial charge < -0.3 is 5.73 Å². The maximum Gasteiger partial charge on any atom is 0.125 e. The molecule has 0 unspecified atom stereocenters. The van der Waals surface area contributed by atoms with Crippen molar-refractivity contribution in [1.82, 2.24) is 9.78 Å². The molecule has 1 aromatic heterocycles. The lowest BCUT2D eigenvalue weighted by atomic mass is 10.1. The van der Waals surface area contributed by atoms with Gasteiger partial charge in [0.25, 0.3) is 0 Å². The van der Waals surface area contributed by atoms with Crippen molar-refractivity contribution in [2.45, 2.75) is 26.3 Å². The fourth-order valence-electron chi connectivity index (χ4n) is 2.23. The van der Waals surface area contributed by atoms with Crippen molar-refractivity contribution in [1.29, 1.82) is 5.26 Å². The van der Waals surface area contributed by atoms with E-state index in [1.807, 2.05) is 35.9 Å². The maximum absolute atomic E-state index is 8.82. The van der Waals surface area contributed by atoms with Gasteiger partial charge >= 0.3 is 0 Å². The summed E-state index contributed by atoms with van der Waals surface area (Å²) < 4.78 is 1.92. The highest BCUT2D eigenvalue weighted by atomic mass is 15.3. The predicted molar refractivity (Wildman–Crippen MR) is 74.3 cm³/mol. The molecule has 96 valence electrons. The molecule has 2 N–H and O–H groups in total.